The van der Waals surface area contributed by atoms with Crippen LogP contribution in [0.25, 0.3) is 11.0 Å². The average Bonchev–Trinajstić information content (AvgIpc) is 2.71. The van der Waals surface area contributed by atoms with Gasteiger partial charge in [-0.05, 0) is 26.0 Å². The van der Waals surface area contributed by atoms with Gasteiger partial charge in [0, 0.05) is 35.3 Å². The van der Waals surface area contributed by atoms with Crippen LogP contribution in [-0.2, 0) is 0 Å². The summed E-state index contributed by atoms with van der Waals surface area (Å²) < 4.78 is 26.8. The second-order valence-electron chi connectivity index (χ2n) is 6.67. The Balaban J connectivity index is 2.00. The zero-order valence-electron chi connectivity index (χ0n) is 17.4. The summed E-state index contributed by atoms with van der Waals surface area (Å²) in [5, 5.41) is 3.24. The highest BCUT2D eigenvalue weighted by Gasteiger charge is 2.18. The molecule has 0 aliphatic heterocycles. The van der Waals surface area contributed by atoms with Gasteiger partial charge in [-0.15, -0.1) is 0 Å². The van der Waals surface area contributed by atoms with Gasteiger partial charge >= 0.3 is 5.63 Å². The molecule has 0 radical (unpaired) electrons. The predicted molar refractivity (Wildman–Crippen MR) is 112 cm³/mol. The van der Waals surface area contributed by atoms with Gasteiger partial charge in [0.25, 0.3) is 5.91 Å². The number of ether oxygens (including phenoxy) is 4. The van der Waals surface area contributed by atoms with E-state index >= 15 is 0 Å². The highest BCUT2D eigenvalue weighted by molar-refractivity contribution is 6.12. The van der Waals surface area contributed by atoms with Crippen LogP contribution in [0.15, 0.2) is 45.6 Å². The molecule has 0 atom stereocenters. The van der Waals surface area contributed by atoms with Gasteiger partial charge in [0.05, 0.1) is 33.0 Å². The van der Waals surface area contributed by atoms with Crippen molar-refractivity contribution in [2.75, 3.05) is 26.6 Å². The Bertz CT molecular complexity index is 1110. The molecule has 30 heavy (non-hydrogen) atoms. The SMILES string of the molecule is COc1cc(NC(=O)c2cc(=O)oc3cc(OC(C)C)ccc23)cc(OC)c1OC. The summed E-state index contributed by atoms with van der Waals surface area (Å²) >= 11 is 0. The number of hydrogen-bond donors (Lipinski definition) is 1. The predicted octanol–water partition coefficient (Wildman–Crippen LogP) is 3.86. The molecular formula is C22H23NO7. The van der Waals surface area contributed by atoms with Gasteiger partial charge in [0.15, 0.2) is 11.5 Å². The third-order valence-electron chi connectivity index (χ3n) is 4.25. The molecule has 0 unspecified atom stereocenters. The van der Waals surface area contributed by atoms with E-state index in [1.807, 2.05) is 13.8 Å². The standard InChI is InChI=1S/C22H23NO7/c1-12(2)29-14-6-7-15-16(11-20(24)30-17(15)10-14)22(25)23-13-8-18(26-3)21(28-5)19(9-13)27-4/h6-12H,1-5H3,(H,23,25). The van der Waals surface area contributed by atoms with Gasteiger partial charge in [-0.3, -0.25) is 4.79 Å². The van der Waals surface area contributed by atoms with Crippen molar-refractivity contribution in [2.24, 2.45) is 0 Å². The molecule has 3 rings (SSSR count). The van der Waals surface area contributed by atoms with Crippen molar-refractivity contribution < 1.29 is 28.2 Å². The van der Waals surface area contributed by atoms with E-state index in [2.05, 4.69) is 5.32 Å². The Morgan fingerprint density at radius 2 is 1.63 bits per heavy atom. The Morgan fingerprint density at radius 3 is 2.20 bits per heavy atom. The molecule has 0 spiro atoms. The van der Waals surface area contributed by atoms with Crippen molar-refractivity contribution >= 4 is 22.6 Å². The molecule has 0 aliphatic carbocycles. The molecule has 158 valence electrons. The van der Waals surface area contributed by atoms with E-state index in [0.29, 0.717) is 34.1 Å². The molecular weight excluding hydrogens is 390 g/mol. The molecule has 0 aliphatic rings. The fourth-order valence-electron chi connectivity index (χ4n) is 3.03. The fourth-order valence-corrected chi connectivity index (χ4v) is 3.03. The molecule has 3 aromatic rings. The summed E-state index contributed by atoms with van der Waals surface area (Å²) in [5.74, 6) is 1.24. The van der Waals surface area contributed by atoms with Crippen LogP contribution in [0.2, 0.25) is 0 Å². The van der Waals surface area contributed by atoms with Gasteiger partial charge < -0.3 is 28.7 Å². The molecule has 1 heterocycles. The average molecular weight is 413 g/mol. The van der Waals surface area contributed by atoms with Crippen molar-refractivity contribution in [3.8, 4) is 23.0 Å². The van der Waals surface area contributed by atoms with E-state index in [1.54, 1.807) is 30.3 Å². The van der Waals surface area contributed by atoms with E-state index in [1.165, 1.54) is 21.3 Å². The number of hydrogen-bond acceptors (Lipinski definition) is 7. The van der Waals surface area contributed by atoms with Crippen molar-refractivity contribution in [3.05, 3.63) is 52.4 Å². The number of carbonyl (C=O) groups is 1. The highest BCUT2D eigenvalue weighted by atomic mass is 16.5. The second kappa shape index (κ2) is 8.77. The van der Waals surface area contributed by atoms with Crippen LogP contribution in [0.4, 0.5) is 5.69 Å². The van der Waals surface area contributed by atoms with Gasteiger partial charge in [-0.25, -0.2) is 4.79 Å². The first kappa shape index (κ1) is 21.0. The first-order valence-corrected chi connectivity index (χ1v) is 9.22. The summed E-state index contributed by atoms with van der Waals surface area (Å²) in [4.78, 5) is 25.0. The lowest BCUT2D eigenvalue weighted by Gasteiger charge is -2.15. The molecule has 0 saturated carbocycles. The Labute approximate surface area is 173 Å². The molecule has 8 nitrogen and oxygen atoms in total. The summed E-state index contributed by atoms with van der Waals surface area (Å²) in [5.41, 5.74) is 0.205. The summed E-state index contributed by atoms with van der Waals surface area (Å²) in [6.45, 7) is 3.78. The summed E-state index contributed by atoms with van der Waals surface area (Å²) in [6, 6.07) is 9.34. The third-order valence-corrected chi connectivity index (χ3v) is 4.25. The first-order valence-electron chi connectivity index (χ1n) is 9.22. The Morgan fingerprint density at radius 1 is 0.967 bits per heavy atom. The number of rotatable bonds is 7. The van der Waals surface area contributed by atoms with Crippen molar-refractivity contribution in [1.82, 2.24) is 0 Å². The van der Waals surface area contributed by atoms with Crippen LogP contribution < -0.4 is 29.9 Å². The normalized spacial score (nSPS) is 10.7. The van der Waals surface area contributed by atoms with Crippen LogP contribution in [0.5, 0.6) is 23.0 Å². The Kier molecular flexibility index (Phi) is 6.15. The van der Waals surface area contributed by atoms with E-state index in [9.17, 15) is 9.59 Å². The maximum Gasteiger partial charge on any atom is 0.337 e. The van der Waals surface area contributed by atoms with E-state index in [-0.39, 0.29) is 17.3 Å². The molecule has 8 heteroatoms. The number of fused-ring (bicyclic) bond motifs is 1. The second-order valence-corrected chi connectivity index (χ2v) is 6.67. The smallest absolute Gasteiger partial charge is 0.337 e. The number of anilines is 1. The Hall–Kier alpha value is -3.68. The minimum atomic E-state index is -0.640. The molecule has 1 N–H and O–H groups in total. The zero-order valence-corrected chi connectivity index (χ0v) is 17.4. The number of methoxy groups -OCH3 is 3. The van der Waals surface area contributed by atoms with Gasteiger partial charge in [0.1, 0.15) is 11.3 Å². The lowest BCUT2D eigenvalue weighted by Crippen LogP contribution is -2.15. The zero-order chi connectivity index (χ0) is 21.8. The molecule has 0 saturated heterocycles. The summed E-state index contributed by atoms with van der Waals surface area (Å²) in [6.07, 6.45) is -0.0410. The lowest BCUT2D eigenvalue weighted by atomic mass is 10.1. The van der Waals surface area contributed by atoms with Gasteiger partial charge in [-0.1, -0.05) is 0 Å². The maximum absolute atomic E-state index is 13.0. The highest BCUT2D eigenvalue weighted by Crippen LogP contribution is 2.40. The lowest BCUT2D eigenvalue weighted by molar-refractivity contribution is 0.102. The van der Waals surface area contributed by atoms with Crippen LogP contribution in [0.1, 0.15) is 24.2 Å². The number of carbonyl (C=O) groups excluding carboxylic acids is 1. The third kappa shape index (κ3) is 4.32. The molecule has 1 amide bonds. The topological polar surface area (TPSA) is 96.2 Å². The monoisotopic (exact) mass is 413 g/mol. The largest absolute Gasteiger partial charge is 0.493 e. The van der Waals surface area contributed by atoms with Crippen molar-refractivity contribution in [1.29, 1.82) is 0 Å². The number of nitrogens with one attached hydrogen (secondary N) is 1. The maximum atomic E-state index is 13.0. The van der Waals surface area contributed by atoms with Crippen molar-refractivity contribution in [3.63, 3.8) is 0 Å². The van der Waals surface area contributed by atoms with Crippen LogP contribution in [0.3, 0.4) is 0 Å². The molecule has 1 aromatic heterocycles. The van der Waals surface area contributed by atoms with Crippen molar-refractivity contribution in [2.45, 2.75) is 20.0 Å². The van der Waals surface area contributed by atoms with Gasteiger partial charge in [0.2, 0.25) is 5.75 Å². The van der Waals surface area contributed by atoms with Crippen LogP contribution in [-0.4, -0.2) is 33.3 Å². The molecule has 0 bridgehead atoms. The molecule has 2 aromatic carbocycles. The number of benzene rings is 2. The van der Waals surface area contributed by atoms with E-state index in [0.717, 1.165) is 6.07 Å². The minimum absolute atomic E-state index is 0.0410. The van der Waals surface area contributed by atoms with Crippen LogP contribution >= 0.6 is 0 Å². The molecule has 0 fully saturated rings. The van der Waals surface area contributed by atoms with E-state index < -0.39 is 11.5 Å². The minimum Gasteiger partial charge on any atom is -0.493 e. The van der Waals surface area contributed by atoms with E-state index in [4.69, 9.17) is 23.4 Å². The fraction of sp³-hybridized carbons (Fsp3) is 0.273. The van der Waals surface area contributed by atoms with Crippen LogP contribution in [0, 0.1) is 0 Å². The summed E-state index contributed by atoms with van der Waals surface area (Å²) in [7, 11) is 4.45. The number of amides is 1. The first-order chi connectivity index (χ1) is 14.4. The van der Waals surface area contributed by atoms with Gasteiger partial charge in [-0.2, -0.15) is 0 Å². The quantitative estimate of drug-likeness (QED) is 0.588.